The molecule has 1 aromatic carbocycles. The van der Waals surface area contributed by atoms with Crippen LogP contribution in [0.5, 0.6) is 0 Å². The topological polar surface area (TPSA) is 46.5 Å². The van der Waals surface area contributed by atoms with Crippen LogP contribution in [0.3, 0.4) is 0 Å². The largest absolute Gasteiger partial charge is 0.481 e. The Bertz CT molecular complexity index is 525. The predicted molar refractivity (Wildman–Crippen MR) is 72.3 cm³/mol. The third-order valence-electron chi connectivity index (χ3n) is 4.66. The van der Waals surface area contributed by atoms with E-state index in [2.05, 4.69) is 39.0 Å². The lowest BCUT2D eigenvalue weighted by Crippen LogP contribution is -2.52. The summed E-state index contributed by atoms with van der Waals surface area (Å²) in [6.45, 7) is 7.07. The van der Waals surface area contributed by atoms with Crippen LogP contribution >= 0.6 is 0 Å². The van der Waals surface area contributed by atoms with Crippen LogP contribution in [0.25, 0.3) is 0 Å². The first-order chi connectivity index (χ1) is 8.84. The Hall–Kier alpha value is -1.35. The summed E-state index contributed by atoms with van der Waals surface area (Å²) >= 11 is 0. The van der Waals surface area contributed by atoms with Crippen LogP contribution in [0, 0.1) is 5.92 Å². The van der Waals surface area contributed by atoms with Crippen molar-refractivity contribution in [1.29, 1.82) is 0 Å². The molecular formula is C16H20O3. The number of rotatable bonds is 2. The second-order valence-electron chi connectivity index (χ2n) is 6.86. The molecule has 3 nitrogen and oxygen atoms in total. The van der Waals surface area contributed by atoms with E-state index >= 15 is 0 Å². The molecule has 3 heteroatoms. The highest BCUT2D eigenvalue weighted by Crippen LogP contribution is 2.56. The number of carbonyl (C=O) groups is 1. The number of ether oxygens (including phenoxy) is 1. The highest BCUT2D eigenvalue weighted by molar-refractivity contribution is 5.76. The van der Waals surface area contributed by atoms with E-state index in [-0.39, 0.29) is 22.9 Å². The van der Waals surface area contributed by atoms with Crippen molar-refractivity contribution in [3.8, 4) is 0 Å². The number of carboxylic acid groups (broad SMARTS) is 1. The van der Waals surface area contributed by atoms with Gasteiger partial charge in [-0.05, 0) is 23.0 Å². The second kappa shape index (κ2) is 3.83. The lowest BCUT2D eigenvalue weighted by atomic mass is 9.57. The molecule has 0 aromatic heterocycles. The Labute approximate surface area is 113 Å². The average molecular weight is 260 g/mol. The molecule has 1 aliphatic carbocycles. The van der Waals surface area contributed by atoms with E-state index < -0.39 is 5.97 Å². The Morgan fingerprint density at radius 3 is 2.74 bits per heavy atom. The Kier molecular flexibility index (Phi) is 2.55. The first-order valence-electron chi connectivity index (χ1n) is 6.80. The minimum atomic E-state index is -0.727. The van der Waals surface area contributed by atoms with Gasteiger partial charge in [-0.3, -0.25) is 4.79 Å². The summed E-state index contributed by atoms with van der Waals surface area (Å²) in [4.78, 5) is 11.4. The molecule has 3 unspecified atom stereocenters. The van der Waals surface area contributed by atoms with Gasteiger partial charge in [0.15, 0.2) is 0 Å². The monoisotopic (exact) mass is 260 g/mol. The van der Waals surface area contributed by atoms with Gasteiger partial charge in [0.1, 0.15) is 0 Å². The zero-order valence-electron chi connectivity index (χ0n) is 11.6. The third-order valence-corrected chi connectivity index (χ3v) is 4.66. The maximum absolute atomic E-state index is 11.4. The summed E-state index contributed by atoms with van der Waals surface area (Å²) in [6, 6.07) is 8.37. The predicted octanol–water partition coefficient (Wildman–Crippen LogP) is 2.73. The van der Waals surface area contributed by atoms with Gasteiger partial charge in [0.25, 0.3) is 0 Å². The zero-order valence-corrected chi connectivity index (χ0v) is 11.6. The molecule has 1 aromatic rings. The fourth-order valence-electron chi connectivity index (χ4n) is 3.43. The Morgan fingerprint density at radius 1 is 1.42 bits per heavy atom. The molecule has 0 amide bonds. The van der Waals surface area contributed by atoms with Crippen molar-refractivity contribution >= 4 is 5.97 Å². The molecule has 2 saturated heterocycles. The smallest absolute Gasteiger partial charge is 0.310 e. The molecule has 2 heterocycles. The fourth-order valence-corrected chi connectivity index (χ4v) is 3.43. The van der Waals surface area contributed by atoms with E-state index in [1.807, 2.05) is 6.07 Å². The van der Waals surface area contributed by atoms with Gasteiger partial charge in [0.05, 0.1) is 18.6 Å². The SMILES string of the molecule is CC(C)(C)c1cccc(C23COC(C2)C3C(=O)O)c1. The van der Waals surface area contributed by atoms with Crippen molar-refractivity contribution in [1.82, 2.24) is 0 Å². The Morgan fingerprint density at radius 2 is 2.16 bits per heavy atom. The van der Waals surface area contributed by atoms with Crippen molar-refractivity contribution < 1.29 is 14.6 Å². The molecule has 1 saturated carbocycles. The van der Waals surface area contributed by atoms with Crippen LogP contribution in [-0.4, -0.2) is 23.8 Å². The maximum Gasteiger partial charge on any atom is 0.310 e. The van der Waals surface area contributed by atoms with Gasteiger partial charge < -0.3 is 9.84 Å². The van der Waals surface area contributed by atoms with Gasteiger partial charge in [-0.2, -0.15) is 0 Å². The maximum atomic E-state index is 11.4. The van der Waals surface area contributed by atoms with E-state index in [0.717, 1.165) is 12.0 Å². The minimum absolute atomic E-state index is 0.0774. The van der Waals surface area contributed by atoms with E-state index in [9.17, 15) is 9.90 Å². The lowest BCUT2D eigenvalue weighted by molar-refractivity contribution is -0.150. The molecule has 3 fully saturated rings. The van der Waals surface area contributed by atoms with Crippen LogP contribution in [0.2, 0.25) is 0 Å². The van der Waals surface area contributed by atoms with Gasteiger partial charge >= 0.3 is 5.97 Å². The van der Waals surface area contributed by atoms with Crippen LogP contribution in [-0.2, 0) is 20.4 Å². The summed E-state index contributed by atoms with van der Waals surface area (Å²) in [6.07, 6.45) is 0.758. The standard InChI is InChI=1S/C16H20O3/c1-15(2,3)10-5-4-6-11(7-10)16-8-12(19-9-16)13(16)14(17)18/h4-7,12-13H,8-9H2,1-3H3,(H,17,18). The molecule has 0 spiro atoms. The van der Waals surface area contributed by atoms with Crippen LogP contribution in [0.15, 0.2) is 24.3 Å². The molecule has 102 valence electrons. The summed E-state index contributed by atoms with van der Waals surface area (Å²) in [7, 11) is 0. The molecule has 3 atom stereocenters. The molecule has 2 aliphatic heterocycles. The zero-order chi connectivity index (χ0) is 13.8. The number of carboxylic acids is 1. The van der Waals surface area contributed by atoms with Crippen LogP contribution < -0.4 is 0 Å². The normalized spacial score (nSPS) is 33.0. The van der Waals surface area contributed by atoms with Crippen LogP contribution in [0.4, 0.5) is 0 Å². The molecule has 3 aliphatic rings. The second-order valence-corrected chi connectivity index (χ2v) is 6.86. The van der Waals surface area contributed by atoms with E-state index in [0.29, 0.717) is 6.61 Å². The summed E-state index contributed by atoms with van der Waals surface area (Å²) < 4.78 is 5.60. The molecule has 0 radical (unpaired) electrons. The fraction of sp³-hybridized carbons (Fsp3) is 0.562. The molecule has 2 bridgehead atoms. The highest BCUT2D eigenvalue weighted by Gasteiger charge is 2.64. The number of hydrogen-bond donors (Lipinski definition) is 1. The lowest BCUT2D eigenvalue weighted by Gasteiger charge is -2.42. The van der Waals surface area contributed by atoms with Crippen molar-refractivity contribution in [2.45, 2.75) is 44.1 Å². The molecule has 1 N–H and O–H groups in total. The number of benzene rings is 1. The first-order valence-corrected chi connectivity index (χ1v) is 6.80. The molecular weight excluding hydrogens is 240 g/mol. The van der Waals surface area contributed by atoms with Crippen molar-refractivity contribution in [2.24, 2.45) is 5.92 Å². The summed E-state index contributed by atoms with van der Waals surface area (Å²) in [5.74, 6) is -1.10. The summed E-state index contributed by atoms with van der Waals surface area (Å²) in [5, 5.41) is 9.39. The highest BCUT2D eigenvalue weighted by atomic mass is 16.5. The van der Waals surface area contributed by atoms with E-state index in [4.69, 9.17) is 4.74 Å². The number of hydrogen-bond acceptors (Lipinski definition) is 2. The minimum Gasteiger partial charge on any atom is -0.481 e. The average Bonchev–Trinajstić information content (AvgIpc) is 2.86. The quantitative estimate of drug-likeness (QED) is 0.889. The Balaban J connectivity index is 2.01. The van der Waals surface area contributed by atoms with Gasteiger partial charge in [-0.15, -0.1) is 0 Å². The van der Waals surface area contributed by atoms with Gasteiger partial charge in [-0.25, -0.2) is 0 Å². The van der Waals surface area contributed by atoms with Gasteiger partial charge in [0.2, 0.25) is 0 Å². The van der Waals surface area contributed by atoms with E-state index in [1.165, 1.54) is 5.56 Å². The number of fused-ring (bicyclic) bond motifs is 1. The third kappa shape index (κ3) is 1.71. The van der Waals surface area contributed by atoms with Crippen molar-refractivity contribution in [2.75, 3.05) is 6.61 Å². The first kappa shape index (κ1) is 12.7. The van der Waals surface area contributed by atoms with E-state index in [1.54, 1.807) is 0 Å². The van der Waals surface area contributed by atoms with Crippen molar-refractivity contribution in [3.05, 3.63) is 35.4 Å². The summed E-state index contributed by atoms with van der Waals surface area (Å²) in [5.41, 5.74) is 2.16. The van der Waals surface area contributed by atoms with Gasteiger partial charge in [-0.1, -0.05) is 45.0 Å². The molecule has 19 heavy (non-hydrogen) atoms. The van der Waals surface area contributed by atoms with Crippen LogP contribution in [0.1, 0.15) is 38.3 Å². The number of aliphatic carboxylic acids is 1. The molecule has 4 rings (SSSR count). The van der Waals surface area contributed by atoms with Crippen molar-refractivity contribution in [3.63, 3.8) is 0 Å². The van der Waals surface area contributed by atoms with Gasteiger partial charge in [0, 0.05) is 5.41 Å².